The van der Waals surface area contributed by atoms with E-state index in [0.29, 0.717) is 5.69 Å². The summed E-state index contributed by atoms with van der Waals surface area (Å²) < 4.78 is 5.21. The normalized spacial score (nSPS) is 10.6. The van der Waals surface area contributed by atoms with Crippen molar-refractivity contribution in [2.24, 2.45) is 0 Å². The van der Waals surface area contributed by atoms with Crippen LogP contribution < -0.4 is 20.7 Å². The van der Waals surface area contributed by atoms with Gasteiger partial charge in [-0.1, -0.05) is 30.3 Å². The lowest BCUT2D eigenvalue weighted by atomic mass is 10.2. The van der Waals surface area contributed by atoms with Gasteiger partial charge >= 0.3 is 6.03 Å². The molecular weight excluding hydrogens is 338 g/mol. The van der Waals surface area contributed by atoms with Crippen LogP contribution >= 0.6 is 0 Å². The summed E-state index contributed by atoms with van der Waals surface area (Å²) in [5.41, 5.74) is 8.82. The van der Waals surface area contributed by atoms with Crippen molar-refractivity contribution in [1.82, 2.24) is 5.32 Å². The number of rotatable bonds is 5. The minimum Gasteiger partial charge on any atom is -0.497 e. The number of methoxy groups -OCH3 is 1. The minimum absolute atomic E-state index is 0.273. The molecule has 0 saturated heterocycles. The number of hydrogen-bond donors (Lipinski definition) is 2. The Balaban J connectivity index is 1.80. The highest BCUT2D eigenvalue weighted by Crippen LogP contribution is 2.26. The molecule has 136 valence electrons. The van der Waals surface area contributed by atoms with E-state index in [4.69, 9.17) is 10.5 Å². The van der Waals surface area contributed by atoms with Gasteiger partial charge in [-0.2, -0.15) is 0 Å². The minimum atomic E-state index is -0.273. The van der Waals surface area contributed by atoms with Crippen LogP contribution in [0.4, 0.5) is 21.9 Å². The number of ether oxygens (including phenoxy) is 1. The second kappa shape index (κ2) is 8.58. The number of carbonyl (C=O) groups is 1. The average Bonchev–Trinajstić information content (AvgIpc) is 2.71. The second-order valence-electron chi connectivity index (χ2n) is 5.82. The van der Waals surface area contributed by atoms with Crippen molar-refractivity contribution < 1.29 is 9.53 Å². The maximum Gasteiger partial charge on any atom is 0.330 e. The van der Waals surface area contributed by atoms with Crippen molar-refractivity contribution in [1.29, 1.82) is 0 Å². The van der Waals surface area contributed by atoms with Gasteiger partial charge in [-0.3, -0.25) is 4.90 Å². The molecule has 0 heterocycles. The lowest BCUT2D eigenvalue weighted by Gasteiger charge is -2.22. The summed E-state index contributed by atoms with van der Waals surface area (Å²) >= 11 is 0. The second-order valence-corrected chi connectivity index (χ2v) is 5.82. The van der Waals surface area contributed by atoms with Gasteiger partial charge in [0.1, 0.15) is 5.75 Å². The molecule has 0 bridgehead atoms. The number of hydrogen-bond acceptors (Lipinski definition) is 3. The van der Waals surface area contributed by atoms with E-state index in [-0.39, 0.29) is 6.03 Å². The first-order valence-electron chi connectivity index (χ1n) is 8.49. The largest absolute Gasteiger partial charge is 0.497 e. The van der Waals surface area contributed by atoms with Gasteiger partial charge in [-0.25, -0.2) is 4.79 Å². The number of nitrogens with two attached hydrogens (primary N) is 1. The maximum atomic E-state index is 12.8. The number of nitrogens with one attached hydrogen (secondary N) is 1. The molecule has 5 heteroatoms. The van der Waals surface area contributed by atoms with Gasteiger partial charge in [0.05, 0.1) is 18.5 Å². The first-order valence-corrected chi connectivity index (χ1v) is 8.49. The maximum absolute atomic E-state index is 12.8. The van der Waals surface area contributed by atoms with Gasteiger partial charge in [0, 0.05) is 11.9 Å². The van der Waals surface area contributed by atoms with Crippen molar-refractivity contribution in [3.8, 4) is 5.75 Å². The molecule has 0 aromatic heterocycles. The number of nitrogens with zero attached hydrogens (tertiary/aromatic N) is 1. The van der Waals surface area contributed by atoms with Crippen LogP contribution in [0, 0.1) is 0 Å². The topological polar surface area (TPSA) is 67.6 Å². The Hall–Kier alpha value is -3.73. The predicted octanol–water partition coefficient (Wildman–Crippen LogP) is 4.80. The highest BCUT2D eigenvalue weighted by Gasteiger charge is 2.16. The van der Waals surface area contributed by atoms with Crippen LogP contribution in [-0.4, -0.2) is 13.1 Å². The van der Waals surface area contributed by atoms with Gasteiger partial charge in [0.25, 0.3) is 0 Å². The molecule has 3 aromatic carbocycles. The van der Waals surface area contributed by atoms with E-state index in [0.717, 1.165) is 22.7 Å². The number of nitrogen functional groups attached to an aromatic ring is 1. The summed E-state index contributed by atoms with van der Waals surface area (Å²) in [6, 6.07) is 23.9. The molecule has 0 radical (unpaired) electrons. The van der Waals surface area contributed by atoms with E-state index in [1.807, 2.05) is 72.8 Å². The fourth-order valence-electron chi connectivity index (χ4n) is 2.60. The van der Waals surface area contributed by atoms with Crippen molar-refractivity contribution >= 4 is 29.2 Å². The van der Waals surface area contributed by atoms with Crippen LogP contribution in [0.15, 0.2) is 85.1 Å². The Morgan fingerprint density at radius 1 is 0.963 bits per heavy atom. The van der Waals surface area contributed by atoms with Crippen molar-refractivity contribution in [3.63, 3.8) is 0 Å². The SMILES string of the molecule is COc1cccc(/C=C/NC(=O)N(c2ccccc2)c2ccc(N)cc2)c1. The number of benzene rings is 3. The molecule has 2 amide bonds. The van der Waals surface area contributed by atoms with Crippen molar-refractivity contribution in [3.05, 3.63) is 90.6 Å². The summed E-state index contributed by atoms with van der Waals surface area (Å²) in [5, 5.41) is 2.81. The standard InChI is InChI=1S/C22H21N3O2/c1-27-21-9-5-6-17(16-21)14-15-24-22(26)25(19-7-3-2-4-8-19)20-12-10-18(23)11-13-20/h2-16H,23H2,1H3,(H,24,26)/b15-14+. The molecule has 0 aliphatic carbocycles. The van der Waals surface area contributed by atoms with Crippen LogP contribution in [-0.2, 0) is 0 Å². The Bertz CT molecular complexity index is 922. The van der Waals surface area contributed by atoms with Gasteiger partial charge in [-0.15, -0.1) is 0 Å². The first-order chi connectivity index (χ1) is 13.2. The van der Waals surface area contributed by atoms with Crippen LogP contribution in [0.2, 0.25) is 0 Å². The molecule has 5 nitrogen and oxygen atoms in total. The fourth-order valence-corrected chi connectivity index (χ4v) is 2.60. The Labute approximate surface area is 158 Å². The lowest BCUT2D eigenvalue weighted by molar-refractivity contribution is 0.251. The number of amides is 2. The van der Waals surface area contributed by atoms with Crippen LogP contribution in [0.5, 0.6) is 5.75 Å². The molecule has 3 N–H and O–H groups in total. The number of para-hydroxylation sites is 1. The Morgan fingerprint density at radius 3 is 2.37 bits per heavy atom. The van der Waals surface area contributed by atoms with Gasteiger partial charge < -0.3 is 15.8 Å². The number of urea groups is 1. The summed E-state index contributed by atoms with van der Waals surface area (Å²) in [5.74, 6) is 0.760. The monoisotopic (exact) mass is 359 g/mol. The summed E-state index contributed by atoms with van der Waals surface area (Å²) in [6.07, 6.45) is 3.43. The zero-order valence-electron chi connectivity index (χ0n) is 15.0. The zero-order chi connectivity index (χ0) is 19.1. The average molecular weight is 359 g/mol. The lowest BCUT2D eigenvalue weighted by Crippen LogP contribution is -2.33. The van der Waals surface area contributed by atoms with Crippen LogP contribution in [0.25, 0.3) is 6.08 Å². The van der Waals surface area contributed by atoms with Crippen molar-refractivity contribution in [2.75, 3.05) is 17.7 Å². The van der Waals surface area contributed by atoms with Crippen LogP contribution in [0.1, 0.15) is 5.56 Å². The highest BCUT2D eigenvalue weighted by molar-refractivity contribution is 6.00. The van der Waals surface area contributed by atoms with Gasteiger partial charge in [0.2, 0.25) is 0 Å². The molecular formula is C22H21N3O2. The van der Waals surface area contributed by atoms with Gasteiger partial charge in [0.15, 0.2) is 0 Å². The van der Waals surface area contributed by atoms with Crippen LogP contribution in [0.3, 0.4) is 0 Å². The third-order valence-electron chi connectivity index (χ3n) is 3.95. The molecule has 27 heavy (non-hydrogen) atoms. The summed E-state index contributed by atoms with van der Waals surface area (Å²) in [6.45, 7) is 0. The van der Waals surface area contributed by atoms with E-state index in [2.05, 4.69) is 5.32 Å². The Kier molecular flexibility index (Phi) is 5.74. The molecule has 0 unspecified atom stereocenters. The summed E-state index contributed by atoms with van der Waals surface area (Å²) in [4.78, 5) is 14.4. The molecule has 0 aliphatic rings. The smallest absolute Gasteiger partial charge is 0.330 e. The van der Waals surface area contributed by atoms with E-state index in [9.17, 15) is 4.79 Å². The third kappa shape index (κ3) is 4.67. The zero-order valence-corrected chi connectivity index (χ0v) is 15.0. The summed E-state index contributed by atoms with van der Waals surface area (Å²) in [7, 11) is 1.62. The number of anilines is 3. The predicted molar refractivity (Wildman–Crippen MR) is 110 cm³/mol. The van der Waals surface area contributed by atoms with E-state index < -0.39 is 0 Å². The van der Waals surface area contributed by atoms with E-state index >= 15 is 0 Å². The quantitative estimate of drug-likeness (QED) is 0.643. The number of carbonyl (C=O) groups excluding carboxylic acids is 1. The highest BCUT2D eigenvalue weighted by atomic mass is 16.5. The molecule has 0 atom stereocenters. The molecule has 0 aliphatic heterocycles. The molecule has 0 fully saturated rings. The van der Waals surface area contributed by atoms with E-state index in [1.54, 1.807) is 30.3 Å². The van der Waals surface area contributed by atoms with Gasteiger partial charge in [-0.05, 0) is 60.2 Å². The Morgan fingerprint density at radius 2 is 1.67 bits per heavy atom. The third-order valence-corrected chi connectivity index (χ3v) is 3.95. The first kappa shape index (κ1) is 18.1. The van der Waals surface area contributed by atoms with E-state index in [1.165, 1.54) is 0 Å². The van der Waals surface area contributed by atoms with Crippen molar-refractivity contribution in [2.45, 2.75) is 0 Å². The molecule has 3 aromatic rings. The molecule has 0 spiro atoms. The molecule has 3 rings (SSSR count). The fraction of sp³-hybridized carbons (Fsp3) is 0.0455. The molecule has 0 saturated carbocycles.